The molecule has 0 spiro atoms. The van der Waals surface area contributed by atoms with E-state index in [1.807, 2.05) is 10.7 Å². The summed E-state index contributed by atoms with van der Waals surface area (Å²) in [4.78, 5) is 4.22. The van der Waals surface area contributed by atoms with Crippen molar-refractivity contribution in [3.05, 3.63) is 22.9 Å². The van der Waals surface area contributed by atoms with E-state index >= 15 is 0 Å². The van der Waals surface area contributed by atoms with Crippen LogP contribution in [-0.2, 0) is 11.3 Å². The number of rotatable bonds is 3. The molecule has 0 fully saturated rings. The summed E-state index contributed by atoms with van der Waals surface area (Å²) < 4.78 is 7.90. The van der Waals surface area contributed by atoms with Crippen molar-refractivity contribution >= 4 is 27.0 Å². The molecule has 2 rings (SSSR count). The Morgan fingerprint density at radius 3 is 3.21 bits per heavy atom. The van der Waals surface area contributed by atoms with Crippen molar-refractivity contribution in [3.63, 3.8) is 0 Å². The van der Waals surface area contributed by atoms with Crippen LogP contribution in [-0.4, -0.2) is 28.5 Å². The molecule has 0 N–H and O–H groups in total. The third kappa shape index (κ3) is 1.65. The fraction of sp³-hybridized carbons (Fsp3) is 0.333. The van der Waals surface area contributed by atoms with E-state index in [1.54, 1.807) is 19.5 Å². The summed E-state index contributed by atoms with van der Waals surface area (Å²) in [6, 6.07) is 1.91. The lowest BCUT2D eigenvalue weighted by molar-refractivity contribution is 0.185. The van der Waals surface area contributed by atoms with Gasteiger partial charge in [0.1, 0.15) is 11.0 Å². The highest BCUT2D eigenvalue weighted by atomic mass is 79.9. The number of methoxy groups -OCH3 is 1. The Morgan fingerprint density at radius 2 is 2.43 bits per heavy atom. The first-order chi connectivity index (χ1) is 6.83. The van der Waals surface area contributed by atoms with Gasteiger partial charge in [-0.15, -0.1) is 0 Å². The molecule has 0 aliphatic heterocycles. The summed E-state index contributed by atoms with van der Waals surface area (Å²) in [5.74, 6) is 0. The minimum atomic E-state index is 0.651. The number of hydrogen-bond acceptors (Lipinski definition) is 3. The van der Waals surface area contributed by atoms with Crippen molar-refractivity contribution in [2.45, 2.75) is 6.54 Å². The van der Waals surface area contributed by atoms with Crippen LogP contribution in [0.1, 0.15) is 0 Å². The second kappa shape index (κ2) is 4.06. The minimum absolute atomic E-state index is 0.651. The second-order valence-electron chi connectivity index (χ2n) is 2.89. The average Bonchev–Trinajstić information content (AvgIpc) is 2.59. The van der Waals surface area contributed by atoms with Gasteiger partial charge in [-0.25, -0.2) is 0 Å². The van der Waals surface area contributed by atoms with E-state index in [-0.39, 0.29) is 0 Å². The zero-order chi connectivity index (χ0) is 9.97. The van der Waals surface area contributed by atoms with Gasteiger partial charge in [0, 0.05) is 17.8 Å². The molecule has 5 heteroatoms. The molecule has 0 aromatic carbocycles. The van der Waals surface area contributed by atoms with Crippen molar-refractivity contribution in [3.8, 4) is 0 Å². The third-order valence-corrected chi connectivity index (χ3v) is 2.63. The SMILES string of the molecule is COCCn1ncc2nccc(Br)c21. The lowest BCUT2D eigenvalue weighted by atomic mass is 10.4. The molecule has 0 bridgehead atoms. The van der Waals surface area contributed by atoms with Crippen LogP contribution in [0.25, 0.3) is 11.0 Å². The van der Waals surface area contributed by atoms with Gasteiger partial charge in [-0.1, -0.05) is 0 Å². The summed E-state index contributed by atoms with van der Waals surface area (Å²) >= 11 is 3.48. The minimum Gasteiger partial charge on any atom is -0.383 e. The Hall–Kier alpha value is -0.940. The van der Waals surface area contributed by atoms with Gasteiger partial charge >= 0.3 is 0 Å². The van der Waals surface area contributed by atoms with Crippen molar-refractivity contribution < 1.29 is 4.74 Å². The molecule has 0 aliphatic rings. The quantitative estimate of drug-likeness (QED) is 0.841. The largest absolute Gasteiger partial charge is 0.383 e. The van der Waals surface area contributed by atoms with E-state index in [1.165, 1.54) is 0 Å². The van der Waals surface area contributed by atoms with Crippen molar-refractivity contribution in [2.24, 2.45) is 0 Å². The fourth-order valence-corrected chi connectivity index (χ4v) is 1.85. The molecule has 2 aromatic rings. The molecule has 0 saturated heterocycles. The summed E-state index contributed by atoms with van der Waals surface area (Å²) in [5, 5.41) is 4.24. The number of fused-ring (bicyclic) bond motifs is 1. The van der Waals surface area contributed by atoms with Gasteiger partial charge in [0.05, 0.1) is 19.3 Å². The van der Waals surface area contributed by atoms with E-state index in [2.05, 4.69) is 26.0 Å². The lowest BCUT2D eigenvalue weighted by Crippen LogP contribution is -2.05. The van der Waals surface area contributed by atoms with Crippen LogP contribution in [0.15, 0.2) is 22.9 Å². The predicted molar refractivity (Wildman–Crippen MR) is 57.1 cm³/mol. The summed E-state index contributed by atoms with van der Waals surface area (Å²) in [7, 11) is 1.68. The molecular formula is C9H10BrN3O. The molecule has 0 atom stereocenters. The first-order valence-corrected chi connectivity index (χ1v) is 5.07. The Morgan fingerprint density at radius 1 is 1.57 bits per heavy atom. The van der Waals surface area contributed by atoms with Gasteiger partial charge < -0.3 is 4.74 Å². The topological polar surface area (TPSA) is 39.9 Å². The monoisotopic (exact) mass is 255 g/mol. The van der Waals surface area contributed by atoms with Crippen molar-refractivity contribution in [1.29, 1.82) is 0 Å². The molecule has 0 unspecified atom stereocenters. The van der Waals surface area contributed by atoms with Crippen LogP contribution in [0, 0.1) is 0 Å². The van der Waals surface area contributed by atoms with Crippen LogP contribution < -0.4 is 0 Å². The summed E-state index contributed by atoms with van der Waals surface area (Å²) in [6.45, 7) is 1.39. The maximum absolute atomic E-state index is 5.01. The first kappa shape index (κ1) is 9.61. The van der Waals surface area contributed by atoms with Gasteiger partial charge in [-0.3, -0.25) is 9.67 Å². The van der Waals surface area contributed by atoms with Gasteiger partial charge in [-0.05, 0) is 22.0 Å². The third-order valence-electron chi connectivity index (χ3n) is 1.99. The maximum Gasteiger partial charge on any atom is 0.109 e. The van der Waals surface area contributed by atoms with E-state index in [4.69, 9.17) is 4.74 Å². The van der Waals surface area contributed by atoms with Crippen LogP contribution >= 0.6 is 15.9 Å². The predicted octanol–water partition coefficient (Wildman–Crippen LogP) is 1.84. The second-order valence-corrected chi connectivity index (χ2v) is 3.74. The van der Waals surface area contributed by atoms with Crippen molar-refractivity contribution in [2.75, 3.05) is 13.7 Å². The van der Waals surface area contributed by atoms with Crippen LogP contribution in [0.3, 0.4) is 0 Å². The lowest BCUT2D eigenvalue weighted by Gasteiger charge is -2.02. The highest BCUT2D eigenvalue weighted by molar-refractivity contribution is 9.10. The van der Waals surface area contributed by atoms with Gasteiger partial charge in [0.15, 0.2) is 0 Å². The fourth-order valence-electron chi connectivity index (χ4n) is 1.32. The van der Waals surface area contributed by atoms with Gasteiger partial charge in [0.2, 0.25) is 0 Å². The van der Waals surface area contributed by atoms with E-state index in [9.17, 15) is 0 Å². The highest BCUT2D eigenvalue weighted by Crippen LogP contribution is 2.21. The zero-order valence-corrected chi connectivity index (χ0v) is 9.36. The average molecular weight is 256 g/mol. The normalized spacial score (nSPS) is 11.0. The molecule has 2 aromatic heterocycles. The Balaban J connectivity index is 2.45. The Bertz CT molecular complexity index is 441. The van der Waals surface area contributed by atoms with Gasteiger partial charge in [-0.2, -0.15) is 5.10 Å². The number of aromatic nitrogens is 3. The van der Waals surface area contributed by atoms with E-state index < -0.39 is 0 Å². The van der Waals surface area contributed by atoms with Crippen molar-refractivity contribution in [1.82, 2.24) is 14.8 Å². The van der Waals surface area contributed by atoms with Crippen LogP contribution in [0.2, 0.25) is 0 Å². The molecule has 14 heavy (non-hydrogen) atoms. The molecular weight excluding hydrogens is 246 g/mol. The molecule has 0 radical (unpaired) electrons. The number of hydrogen-bond donors (Lipinski definition) is 0. The molecule has 0 saturated carbocycles. The van der Waals surface area contributed by atoms with E-state index in [0.717, 1.165) is 22.1 Å². The molecule has 0 aliphatic carbocycles. The van der Waals surface area contributed by atoms with E-state index in [0.29, 0.717) is 6.61 Å². The molecule has 4 nitrogen and oxygen atoms in total. The first-order valence-electron chi connectivity index (χ1n) is 4.28. The Labute approximate surface area is 90.0 Å². The maximum atomic E-state index is 5.01. The Kier molecular flexibility index (Phi) is 2.79. The number of ether oxygens (including phenoxy) is 1. The smallest absolute Gasteiger partial charge is 0.109 e. The number of halogens is 1. The van der Waals surface area contributed by atoms with Crippen LogP contribution in [0.5, 0.6) is 0 Å². The standard InChI is InChI=1S/C9H10BrN3O/c1-14-5-4-13-9-7(10)2-3-11-8(9)6-12-13/h2-3,6H,4-5H2,1H3. The molecule has 2 heterocycles. The zero-order valence-electron chi connectivity index (χ0n) is 7.77. The summed E-state index contributed by atoms with van der Waals surface area (Å²) in [5.41, 5.74) is 1.92. The van der Waals surface area contributed by atoms with Gasteiger partial charge in [0.25, 0.3) is 0 Å². The van der Waals surface area contributed by atoms with Crippen LogP contribution in [0.4, 0.5) is 0 Å². The number of nitrogens with zero attached hydrogens (tertiary/aromatic N) is 3. The highest BCUT2D eigenvalue weighted by Gasteiger charge is 2.06. The molecule has 74 valence electrons. The number of pyridine rings is 1. The molecule has 0 amide bonds. The summed E-state index contributed by atoms with van der Waals surface area (Å²) in [6.07, 6.45) is 3.52.